The van der Waals surface area contributed by atoms with E-state index in [0.717, 1.165) is 4.64 Å². The van der Waals surface area contributed by atoms with Gasteiger partial charge in [0.15, 0.2) is 11.5 Å². The van der Waals surface area contributed by atoms with Gasteiger partial charge >= 0.3 is 0 Å². The second-order valence-electron chi connectivity index (χ2n) is 2.22. The molecule has 0 aliphatic carbocycles. The third kappa shape index (κ3) is 3.30. The molecule has 74 valence electrons. The highest BCUT2D eigenvalue weighted by Gasteiger charge is 2.12. The van der Waals surface area contributed by atoms with Crippen molar-refractivity contribution in [3.05, 3.63) is 12.0 Å². The molecule has 0 spiro atoms. The average Bonchev–Trinajstić information content (AvgIpc) is 2.02. The predicted molar refractivity (Wildman–Crippen MR) is 49.8 cm³/mol. The summed E-state index contributed by atoms with van der Waals surface area (Å²) in [4.78, 5) is 0. The number of ether oxygens (including phenoxy) is 2. The second kappa shape index (κ2) is 4.55. The Balaban J connectivity index is 2.56. The molecule has 0 aromatic rings. The van der Waals surface area contributed by atoms with Crippen LogP contribution in [0.3, 0.4) is 0 Å². The summed E-state index contributed by atoms with van der Waals surface area (Å²) in [5.41, 5.74) is 2.60. The van der Waals surface area contributed by atoms with E-state index >= 15 is 0 Å². The van der Waals surface area contributed by atoms with E-state index in [2.05, 4.69) is 10.5 Å². The molecule has 1 heterocycles. The minimum absolute atomic E-state index is 0.229. The topological polar surface area (TPSA) is 46.1 Å². The van der Waals surface area contributed by atoms with Crippen molar-refractivity contribution in [2.24, 2.45) is 5.10 Å². The summed E-state index contributed by atoms with van der Waals surface area (Å²) < 4.78 is 11.0. The number of nitrogens with zero attached hydrogens (tertiary/aromatic N) is 2. The van der Waals surface area contributed by atoms with Crippen LogP contribution in [0, 0.1) is 0 Å². The first-order valence-electron chi connectivity index (χ1n) is 3.49. The standard InChI is InChI=1S/C6H9Cl2N3O2/c1-4(12-2)13-6-3-5(7)9-11(8)10-6/h3-4,10H,1-2H3. The molecule has 1 atom stereocenters. The van der Waals surface area contributed by atoms with Crippen LogP contribution in [-0.2, 0) is 9.47 Å². The van der Waals surface area contributed by atoms with Gasteiger partial charge in [-0.1, -0.05) is 11.6 Å². The molecule has 0 saturated heterocycles. The first-order chi connectivity index (χ1) is 6.11. The van der Waals surface area contributed by atoms with Gasteiger partial charge in [-0.15, -0.1) is 9.74 Å². The van der Waals surface area contributed by atoms with Gasteiger partial charge in [0.05, 0.1) is 11.8 Å². The van der Waals surface area contributed by atoms with Gasteiger partial charge in [0.1, 0.15) is 0 Å². The smallest absolute Gasteiger partial charge is 0.213 e. The van der Waals surface area contributed by atoms with Crippen LogP contribution in [-0.4, -0.2) is 23.2 Å². The summed E-state index contributed by atoms with van der Waals surface area (Å²) in [6, 6.07) is 0. The Hall–Kier alpha value is -0.650. The third-order valence-corrected chi connectivity index (χ3v) is 1.61. The molecular formula is C6H9Cl2N3O2. The number of hydrogen-bond acceptors (Lipinski definition) is 5. The lowest BCUT2D eigenvalue weighted by molar-refractivity contribution is -0.0899. The summed E-state index contributed by atoms with van der Waals surface area (Å²) in [6.45, 7) is 1.74. The zero-order valence-corrected chi connectivity index (χ0v) is 8.63. The van der Waals surface area contributed by atoms with E-state index in [1.807, 2.05) is 0 Å². The number of hydrogen-bond donors (Lipinski definition) is 1. The Morgan fingerprint density at radius 1 is 1.69 bits per heavy atom. The number of hydrazone groups is 1. The van der Waals surface area contributed by atoms with E-state index in [0.29, 0.717) is 5.88 Å². The fraction of sp³-hybridized carbons (Fsp3) is 0.500. The molecule has 0 aromatic heterocycles. The van der Waals surface area contributed by atoms with E-state index in [1.165, 1.54) is 13.2 Å². The second-order valence-corrected chi connectivity index (χ2v) is 2.93. The summed E-state index contributed by atoms with van der Waals surface area (Å²) in [5, 5.41) is 3.87. The molecule has 1 rings (SSSR count). The molecule has 1 aliphatic rings. The Morgan fingerprint density at radius 2 is 2.38 bits per heavy atom. The van der Waals surface area contributed by atoms with Crippen LogP contribution in [0.5, 0.6) is 0 Å². The molecule has 0 radical (unpaired) electrons. The fourth-order valence-electron chi connectivity index (χ4n) is 0.656. The van der Waals surface area contributed by atoms with Crippen LogP contribution in [0.1, 0.15) is 6.92 Å². The fourth-order valence-corrected chi connectivity index (χ4v) is 1.03. The van der Waals surface area contributed by atoms with Gasteiger partial charge in [0, 0.05) is 13.2 Å². The van der Waals surface area contributed by atoms with Crippen molar-refractivity contribution in [2.45, 2.75) is 13.2 Å². The zero-order valence-electron chi connectivity index (χ0n) is 7.12. The van der Waals surface area contributed by atoms with E-state index in [9.17, 15) is 0 Å². The maximum atomic E-state index is 5.62. The van der Waals surface area contributed by atoms with Gasteiger partial charge in [0.2, 0.25) is 5.88 Å². The van der Waals surface area contributed by atoms with Gasteiger partial charge in [0.25, 0.3) is 0 Å². The highest BCUT2D eigenvalue weighted by molar-refractivity contribution is 6.68. The van der Waals surface area contributed by atoms with Gasteiger partial charge in [-0.25, -0.2) is 5.43 Å². The van der Waals surface area contributed by atoms with Gasteiger partial charge in [-0.2, -0.15) is 0 Å². The first kappa shape index (κ1) is 10.4. The number of rotatable bonds is 3. The molecule has 0 aromatic carbocycles. The summed E-state index contributed by atoms with van der Waals surface area (Å²) in [7, 11) is 1.53. The van der Waals surface area contributed by atoms with Crippen LogP contribution < -0.4 is 5.43 Å². The number of halogens is 2. The quantitative estimate of drug-likeness (QED) is 0.583. The maximum Gasteiger partial charge on any atom is 0.213 e. The SMILES string of the molecule is COC(C)OC1=CC(Cl)=NN(Cl)N1. The molecule has 5 nitrogen and oxygen atoms in total. The first-order valence-corrected chi connectivity index (χ1v) is 4.21. The number of hydrazine groups is 1. The molecule has 0 saturated carbocycles. The molecule has 7 heteroatoms. The number of allylic oxidation sites excluding steroid dienone is 1. The molecule has 0 amide bonds. The largest absolute Gasteiger partial charge is 0.449 e. The molecule has 1 unspecified atom stereocenters. The zero-order chi connectivity index (χ0) is 9.84. The van der Waals surface area contributed by atoms with Crippen molar-refractivity contribution < 1.29 is 9.47 Å². The lowest BCUT2D eigenvalue weighted by atomic mass is 10.6. The van der Waals surface area contributed by atoms with Crippen LogP contribution in [0.15, 0.2) is 17.1 Å². The highest BCUT2D eigenvalue weighted by atomic mass is 35.5. The molecular weight excluding hydrogens is 217 g/mol. The summed E-state index contributed by atoms with van der Waals surface area (Å²) >= 11 is 11.1. The highest BCUT2D eigenvalue weighted by Crippen LogP contribution is 2.10. The van der Waals surface area contributed by atoms with Crippen LogP contribution in [0.25, 0.3) is 0 Å². The maximum absolute atomic E-state index is 5.62. The summed E-state index contributed by atoms with van der Waals surface area (Å²) in [6.07, 6.45) is 1.11. The molecule has 0 fully saturated rings. The number of nitrogens with one attached hydrogen (secondary N) is 1. The minimum atomic E-state index is -0.383. The van der Waals surface area contributed by atoms with E-state index in [4.69, 9.17) is 32.9 Å². The van der Waals surface area contributed by atoms with E-state index in [-0.39, 0.29) is 11.5 Å². The Morgan fingerprint density at radius 3 is 2.92 bits per heavy atom. The number of methoxy groups -OCH3 is 1. The monoisotopic (exact) mass is 225 g/mol. The normalized spacial score (nSPS) is 18.6. The van der Waals surface area contributed by atoms with E-state index in [1.54, 1.807) is 6.92 Å². The van der Waals surface area contributed by atoms with Gasteiger partial charge in [-0.3, -0.25) is 0 Å². The van der Waals surface area contributed by atoms with Crippen LogP contribution >= 0.6 is 23.4 Å². The van der Waals surface area contributed by atoms with Crippen LogP contribution in [0.4, 0.5) is 0 Å². The minimum Gasteiger partial charge on any atom is -0.449 e. The lowest BCUT2D eigenvalue weighted by Crippen LogP contribution is -2.32. The molecule has 13 heavy (non-hydrogen) atoms. The van der Waals surface area contributed by atoms with Crippen LogP contribution in [0.2, 0.25) is 0 Å². The van der Waals surface area contributed by atoms with Gasteiger partial charge < -0.3 is 9.47 Å². The Kier molecular flexibility index (Phi) is 3.65. The molecule has 1 aliphatic heterocycles. The molecule has 1 N–H and O–H groups in total. The van der Waals surface area contributed by atoms with Crippen molar-refractivity contribution in [2.75, 3.05) is 7.11 Å². The predicted octanol–water partition coefficient (Wildman–Crippen LogP) is 1.36. The van der Waals surface area contributed by atoms with Crippen molar-refractivity contribution in [3.8, 4) is 0 Å². The average molecular weight is 226 g/mol. The third-order valence-electron chi connectivity index (χ3n) is 1.26. The van der Waals surface area contributed by atoms with E-state index < -0.39 is 0 Å². The van der Waals surface area contributed by atoms with Crippen molar-refractivity contribution >= 4 is 28.5 Å². The Bertz CT molecular complexity index is 244. The lowest BCUT2D eigenvalue weighted by Gasteiger charge is -2.21. The van der Waals surface area contributed by atoms with Gasteiger partial charge in [-0.05, 0) is 6.92 Å². The molecule has 0 bridgehead atoms. The summed E-state index contributed by atoms with van der Waals surface area (Å²) in [5.74, 6) is 0.379. The van der Waals surface area contributed by atoms with Crippen molar-refractivity contribution in [1.82, 2.24) is 10.1 Å². The van der Waals surface area contributed by atoms with Crippen molar-refractivity contribution in [1.29, 1.82) is 0 Å². The van der Waals surface area contributed by atoms with Crippen molar-refractivity contribution in [3.63, 3.8) is 0 Å². The Labute approximate surface area is 86.0 Å².